The topological polar surface area (TPSA) is 27.7 Å². The van der Waals surface area contributed by atoms with Crippen LogP contribution in [0.5, 0.6) is 5.75 Å². The molecule has 0 radical (unpaired) electrons. The van der Waals surface area contributed by atoms with E-state index in [1.165, 1.54) is 5.56 Å². The predicted molar refractivity (Wildman–Crippen MR) is 114 cm³/mol. The van der Waals surface area contributed by atoms with Crippen LogP contribution in [-0.2, 0) is 0 Å². The standard InChI is InChI=1S/C21H27N3OS/c1-16(2)17-8-4-5-9-18(17)22-21(26)24-14-12-23(13-15-24)19-10-6-7-11-20(19)25-3/h4-11,16H,12-15H2,1-3H3,(H,22,26). The first-order valence-corrected chi connectivity index (χ1v) is 9.53. The van der Waals surface area contributed by atoms with Crippen LogP contribution in [0.3, 0.4) is 0 Å². The molecule has 1 aliphatic rings. The molecule has 0 spiro atoms. The van der Waals surface area contributed by atoms with E-state index in [1.807, 2.05) is 12.1 Å². The van der Waals surface area contributed by atoms with Crippen molar-refractivity contribution in [2.45, 2.75) is 19.8 Å². The normalized spacial score (nSPS) is 14.5. The highest BCUT2D eigenvalue weighted by atomic mass is 32.1. The molecule has 0 aliphatic carbocycles. The molecule has 26 heavy (non-hydrogen) atoms. The molecule has 1 fully saturated rings. The molecule has 3 rings (SSSR count). The summed E-state index contributed by atoms with van der Waals surface area (Å²) in [5.41, 5.74) is 3.56. The second kappa shape index (κ2) is 8.41. The average molecular weight is 370 g/mol. The number of nitrogens with zero attached hydrogens (tertiary/aromatic N) is 2. The third-order valence-corrected chi connectivity index (χ3v) is 5.18. The first-order valence-electron chi connectivity index (χ1n) is 9.13. The quantitative estimate of drug-likeness (QED) is 0.810. The number of anilines is 2. The minimum absolute atomic E-state index is 0.462. The van der Waals surface area contributed by atoms with Gasteiger partial charge in [-0.15, -0.1) is 0 Å². The van der Waals surface area contributed by atoms with Crippen LogP contribution in [0.2, 0.25) is 0 Å². The number of para-hydroxylation sites is 3. The summed E-state index contributed by atoms with van der Waals surface area (Å²) in [7, 11) is 1.72. The fraction of sp³-hybridized carbons (Fsp3) is 0.381. The monoisotopic (exact) mass is 369 g/mol. The smallest absolute Gasteiger partial charge is 0.173 e. The number of methoxy groups -OCH3 is 1. The van der Waals surface area contributed by atoms with E-state index in [0.29, 0.717) is 5.92 Å². The van der Waals surface area contributed by atoms with Gasteiger partial charge in [0, 0.05) is 31.9 Å². The lowest BCUT2D eigenvalue weighted by atomic mass is 10.0. The SMILES string of the molecule is COc1ccccc1N1CCN(C(=S)Nc2ccccc2C(C)C)CC1. The van der Waals surface area contributed by atoms with Crippen molar-refractivity contribution in [3.8, 4) is 5.75 Å². The van der Waals surface area contributed by atoms with Crippen molar-refractivity contribution in [1.82, 2.24) is 4.90 Å². The van der Waals surface area contributed by atoms with Gasteiger partial charge in [0.2, 0.25) is 0 Å². The third-order valence-electron chi connectivity index (χ3n) is 4.82. The summed E-state index contributed by atoms with van der Waals surface area (Å²) in [6.45, 7) is 8.05. The fourth-order valence-electron chi connectivity index (χ4n) is 3.35. The molecule has 0 unspecified atom stereocenters. The molecule has 1 heterocycles. The van der Waals surface area contributed by atoms with Gasteiger partial charge in [-0.3, -0.25) is 0 Å². The molecule has 2 aromatic carbocycles. The van der Waals surface area contributed by atoms with Gasteiger partial charge in [-0.2, -0.15) is 0 Å². The third kappa shape index (κ3) is 4.10. The summed E-state index contributed by atoms with van der Waals surface area (Å²) in [5, 5.41) is 4.26. The fourth-order valence-corrected chi connectivity index (χ4v) is 3.64. The summed E-state index contributed by atoms with van der Waals surface area (Å²) < 4.78 is 5.49. The zero-order valence-corrected chi connectivity index (χ0v) is 16.6. The Morgan fingerprint density at radius 2 is 1.65 bits per heavy atom. The Bertz CT molecular complexity index is 754. The van der Waals surface area contributed by atoms with Crippen LogP contribution in [-0.4, -0.2) is 43.3 Å². The Morgan fingerprint density at radius 3 is 2.35 bits per heavy atom. The van der Waals surface area contributed by atoms with Gasteiger partial charge in [-0.05, 0) is 41.9 Å². The van der Waals surface area contributed by atoms with Crippen molar-refractivity contribution in [1.29, 1.82) is 0 Å². The Hall–Kier alpha value is -2.27. The molecule has 1 aliphatic heterocycles. The van der Waals surface area contributed by atoms with Crippen molar-refractivity contribution < 1.29 is 4.74 Å². The van der Waals surface area contributed by atoms with Gasteiger partial charge in [-0.25, -0.2) is 0 Å². The minimum Gasteiger partial charge on any atom is -0.495 e. The Labute approximate surface area is 161 Å². The second-order valence-corrected chi connectivity index (χ2v) is 7.20. The van der Waals surface area contributed by atoms with E-state index < -0.39 is 0 Å². The van der Waals surface area contributed by atoms with Crippen molar-refractivity contribution >= 4 is 28.7 Å². The lowest BCUT2D eigenvalue weighted by molar-refractivity contribution is 0.382. The summed E-state index contributed by atoms with van der Waals surface area (Å²) in [6, 6.07) is 16.6. The molecule has 1 saturated heterocycles. The van der Waals surface area contributed by atoms with Gasteiger partial charge in [-0.1, -0.05) is 44.2 Å². The first-order chi connectivity index (χ1) is 12.6. The van der Waals surface area contributed by atoms with Crippen LogP contribution >= 0.6 is 12.2 Å². The Kier molecular flexibility index (Phi) is 5.99. The number of hydrogen-bond donors (Lipinski definition) is 1. The zero-order valence-electron chi connectivity index (χ0n) is 15.7. The van der Waals surface area contributed by atoms with E-state index in [-0.39, 0.29) is 0 Å². The minimum atomic E-state index is 0.462. The summed E-state index contributed by atoms with van der Waals surface area (Å²) in [4.78, 5) is 4.61. The van der Waals surface area contributed by atoms with Gasteiger partial charge < -0.3 is 19.9 Å². The number of nitrogens with one attached hydrogen (secondary N) is 1. The highest BCUT2D eigenvalue weighted by molar-refractivity contribution is 7.80. The molecule has 0 saturated carbocycles. The maximum atomic E-state index is 5.68. The molecule has 1 N–H and O–H groups in total. The van der Waals surface area contributed by atoms with Gasteiger partial charge in [0.15, 0.2) is 5.11 Å². The molecule has 0 atom stereocenters. The van der Waals surface area contributed by atoms with Crippen LogP contribution in [0.25, 0.3) is 0 Å². The zero-order chi connectivity index (χ0) is 18.5. The van der Waals surface area contributed by atoms with Crippen molar-refractivity contribution in [3.05, 3.63) is 54.1 Å². The lowest BCUT2D eigenvalue weighted by Crippen LogP contribution is -2.50. The highest BCUT2D eigenvalue weighted by Crippen LogP contribution is 2.29. The van der Waals surface area contributed by atoms with Crippen LogP contribution in [0.15, 0.2) is 48.5 Å². The van der Waals surface area contributed by atoms with Gasteiger partial charge >= 0.3 is 0 Å². The van der Waals surface area contributed by atoms with E-state index in [2.05, 4.69) is 65.4 Å². The molecule has 138 valence electrons. The van der Waals surface area contributed by atoms with Crippen molar-refractivity contribution in [2.24, 2.45) is 0 Å². The summed E-state index contributed by atoms with van der Waals surface area (Å²) >= 11 is 5.68. The van der Waals surface area contributed by atoms with Crippen LogP contribution < -0.4 is 15.0 Å². The predicted octanol–water partition coefficient (Wildman–Crippen LogP) is 4.34. The summed E-state index contributed by atoms with van der Waals surface area (Å²) in [5.74, 6) is 1.39. The molecular formula is C21H27N3OS. The van der Waals surface area contributed by atoms with E-state index >= 15 is 0 Å². The maximum absolute atomic E-state index is 5.68. The van der Waals surface area contributed by atoms with Crippen molar-refractivity contribution in [3.63, 3.8) is 0 Å². The average Bonchev–Trinajstić information content (AvgIpc) is 2.68. The van der Waals surface area contributed by atoms with Gasteiger partial charge in [0.1, 0.15) is 5.75 Å². The van der Waals surface area contributed by atoms with Crippen LogP contribution in [0.1, 0.15) is 25.3 Å². The van der Waals surface area contributed by atoms with E-state index in [9.17, 15) is 0 Å². The molecule has 0 aromatic heterocycles. The van der Waals surface area contributed by atoms with E-state index in [4.69, 9.17) is 17.0 Å². The molecule has 0 bridgehead atoms. The number of hydrogen-bond acceptors (Lipinski definition) is 3. The second-order valence-electron chi connectivity index (χ2n) is 6.82. The first kappa shape index (κ1) is 18.5. The maximum Gasteiger partial charge on any atom is 0.173 e. The Balaban J connectivity index is 1.62. The van der Waals surface area contributed by atoms with E-state index in [0.717, 1.165) is 48.4 Å². The largest absolute Gasteiger partial charge is 0.495 e. The number of piperazine rings is 1. The number of rotatable bonds is 4. The lowest BCUT2D eigenvalue weighted by Gasteiger charge is -2.38. The molecule has 5 heteroatoms. The number of thiocarbonyl (C=S) groups is 1. The van der Waals surface area contributed by atoms with Crippen LogP contribution in [0, 0.1) is 0 Å². The summed E-state index contributed by atoms with van der Waals surface area (Å²) in [6.07, 6.45) is 0. The molecule has 4 nitrogen and oxygen atoms in total. The van der Waals surface area contributed by atoms with E-state index in [1.54, 1.807) is 7.11 Å². The van der Waals surface area contributed by atoms with Crippen molar-refractivity contribution in [2.75, 3.05) is 43.5 Å². The van der Waals surface area contributed by atoms with Gasteiger partial charge in [0.05, 0.1) is 12.8 Å². The number of ether oxygens (including phenoxy) is 1. The van der Waals surface area contributed by atoms with Crippen LogP contribution in [0.4, 0.5) is 11.4 Å². The molecule has 0 amide bonds. The molecular weight excluding hydrogens is 342 g/mol. The Morgan fingerprint density at radius 1 is 1.00 bits per heavy atom. The molecule has 2 aromatic rings. The van der Waals surface area contributed by atoms with Gasteiger partial charge in [0.25, 0.3) is 0 Å². The highest BCUT2D eigenvalue weighted by Gasteiger charge is 2.21. The number of benzene rings is 2.